The third-order valence-corrected chi connectivity index (χ3v) is 3.35. The molecule has 0 aliphatic carbocycles. The first-order valence-corrected chi connectivity index (χ1v) is 6.14. The number of fused-ring (bicyclic) bond motifs is 1. The molecule has 0 saturated heterocycles. The first kappa shape index (κ1) is 10.8. The van der Waals surface area contributed by atoms with Crippen molar-refractivity contribution in [2.24, 2.45) is 0 Å². The van der Waals surface area contributed by atoms with Crippen LogP contribution in [0.1, 0.15) is 10.4 Å². The van der Waals surface area contributed by atoms with Crippen molar-refractivity contribution >= 4 is 32.6 Å². The van der Waals surface area contributed by atoms with E-state index in [4.69, 9.17) is 5.73 Å². The number of thiazole rings is 1. The van der Waals surface area contributed by atoms with Crippen molar-refractivity contribution in [3.05, 3.63) is 48.3 Å². The fraction of sp³-hybridized carbons (Fsp3) is 0. The predicted octanol–water partition coefficient (Wildman–Crippen LogP) is 2.06. The number of hydrogen-bond acceptors (Lipinski definition) is 4. The van der Waals surface area contributed by atoms with E-state index in [1.54, 1.807) is 35.3 Å². The van der Waals surface area contributed by atoms with E-state index < -0.39 is 0 Å². The van der Waals surface area contributed by atoms with Gasteiger partial charge in [-0.05, 0) is 30.3 Å². The summed E-state index contributed by atoms with van der Waals surface area (Å²) in [6.45, 7) is 0. The third kappa shape index (κ3) is 1.93. The molecule has 5 nitrogen and oxygen atoms in total. The summed E-state index contributed by atoms with van der Waals surface area (Å²) in [5.41, 5.74) is 9.77. The second-order valence-corrected chi connectivity index (χ2v) is 4.83. The fourth-order valence-corrected chi connectivity index (χ4v) is 2.45. The number of rotatable bonds is 2. The fourth-order valence-electron chi connectivity index (χ4n) is 1.67. The molecule has 3 N–H and O–H groups in total. The molecule has 0 unspecified atom stereocenters. The van der Waals surface area contributed by atoms with Crippen molar-refractivity contribution in [1.82, 2.24) is 9.66 Å². The maximum Gasteiger partial charge on any atom is 0.270 e. The molecule has 1 amide bonds. The molecule has 18 heavy (non-hydrogen) atoms. The number of amides is 1. The number of carbonyl (C=O) groups is 1. The van der Waals surface area contributed by atoms with E-state index in [0.29, 0.717) is 10.7 Å². The number of anilines is 1. The Labute approximate surface area is 107 Å². The Bertz CT molecular complexity index is 702. The van der Waals surface area contributed by atoms with Gasteiger partial charge in [-0.25, -0.2) is 4.98 Å². The Balaban J connectivity index is 1.91. The van der Waals surface area contributed by atoms with Crippen LogP contribution < -0.4 is 11.2 Å². The van der Waals surface area contributed by atoms with Gasteiger partial charge >= 0.3 is 0 Å². The molecule has 2 heterocycles. The molecule has 0 atom stereocenters. The quantitative estimate of drug-likeness (QED) is 0.739. The summed E-state index contributed by atoms with van der Waals surface area (Å²) in [6, 6.07) is 9.01. The van der Waals surface area contributed by atoms with Crippen LogP contribution in [0.5, 0.6) is 0 Å². The average Bonchev–Trinajstić information content (AvgIpc) is 2.95. The van der Waals surface area contributed by atoms with E-state index in [1.807, 2.05) is 12.1 Å². The minimum absolute atomic E-state index is 0.167. The van der Waals surface area contributed by atoms with Gasteiger partial charge in [-0.15, -0.1) is 0 Å². The molecule has 0 aliphatic rings. The monoisotopic (exact) mass is 258 g/mol. The van der Waals surface area contributed by atoms with Crippen LogP contribution in [0, 0.1) is 0 Å². The molecule has 0 saturated carbocycles. The zero-order chi connectivity index (χ0) is 12.5. The van der Waals surface area contributed by atoms with Gasteiger partial charge in [0, 0.05) is 18.0 Å². The van der Waals surface area contributed by atoms with Gasteiger partial charge in [0.25, 0.3) is 5.91 Å². The van der Waals surface area contributed by atoms with Crippen LogP contribution >= 0.6 is 11.3 Å². The third-order valence-electron chi connectivity index (χ3n) is 2.50. The van der Waals surface area contributed by atoms with E-state index in [9.17, 15) is 4.79 Å². The van der Waals surface area contributed by atoms with Crippen molar-refractivity contribution < 1.29 is 4.79 Å². The number of nitrogens with one attached hydrogen (secondary N) is 1. The van der Waals surface area contributed by atoms with Crippen molar-refractivity contribution in [2.75, 3.05) is 11.2 Å². The maximum atomic E-state index is 12.0. The van der Waals surface area contributed by atoms with Gasteiger partial charge < -0.3 is 5.73 Å². The Morgan fingerprint density at radius 1 is 1.33 bits per heavy atom. The molecule has 0 bridgehead atoms. The molecule has 0 fully saturated rings. The van der Waals surface area contributed by atoms with Crippen LogP contribution in [0.25, 0.3) is 10.2 Å². The summed E-state index contributed by atoms with van der Waals surface area (Å²) >= 11 is 1.37. The first-order chi connectivity index (χ1) is 8.72. The van der Waals surface area contributed by atoms with Crippen molar-refractivity contribution in [3.8, 4) is 0 Å². The molecule has 6 heteroatoms. The van der Waals surface area contributed by atoms with Gasteiger partial charge in [0.05, 0.1) is 10.2 Å². The van der Waals surface area contributed by atoms with Crippen LogP contribution in [0.15, 0.2) is 42.7 Å². The lowest BCUT2D eigenvalue weighted by Crippen LogP contribution is -2.21. The summed E-state index contributed by atoms with van der Waals surface area (Å²) < 4.78 is 2.51. The lowest BCUT2D eigenvalue weighted by molar-refractivity contribution is 0.101. The van der Waals surface area contributed by atoms with E-state index in [-0.39, 0.29) is 5.91 Å². The summed E-state index contributed by atoms with van der Waals surface area (Å²) in [7, 11) is 0. The molecule has 3 rings (SSSR count). The lowest BCUT2D eigenvalue weighted by atomic mass is 10.2. The van der Waals surface area contributed by atoms with E-state index in [1.165, 1.54) is 11.3 Å². The van der Waals surface area contributed by atoms with E-state index >= 15 is 0 Å². The number of nitrogens with zero attached hydrogens (tertiary/aromatic N) is 2. The van der Waals surface area contributed by atoms with Crippen LogP contribution in [-0.4, -0.2) is 15.6 Å². The molecule has 0 aliphatic heterocycles. The van der Waals surface area contributed by atoms with E-state index in [0.717, 1.165) is 10.2 Å². The normalized spacial score (nSPS) is 10.7. The largest absolute Gasteiger partial charge is 0.375 e. The Hall–Kier alpha value is -2.34. The minimum Gasteiger partial charge on any atom is -0.375 e. The zero-order valence-corrected chi connectivity index (χ0v) is 10.1. The Kier molecular flexibility index (Phi) is 2.49. The molecular weight excluding hydrogens is 248 g/mol. The van der Waals surface area contributed by atoms with Crippen LogP contribution in [0.3, 0.4) is 0 Å². The van der Waals surface area contributed by atoms with Gasteiger partial charge in [0.1, 0.15) is 0 Å². The van der Waals surface area contributed by atoms with Crippen LogP contribution in [0.4, 0.5) is 5.13 Å². The van der Waals surface area contributed by atoms with Crippen molar-refractivity contribution in [1.29, 1.82) is 0 Å². The summed E-state index contributed by atoms with van der Waals surface area (Å²) in [5.74, 6) is -0.167. The summed E-state index contributed by atoms with van der Waals surface area (Å²) in [4.78, 5) is 16.1. The Morgan fingerprint density at radius 2 is 2.11 bits per heavy atom. The van der Waals surface area contributed by atoms with Crippen LogP contribution in [0.2, 0.25) is 0 Å². The Morgan fingerprint density at radius 3 is 2.89 bits per heavy atom. The predicted molar refractivity (Wildman–Crippen MR) is 72.2 cm³/mol. The van der Waals surface area contributed by atoms with Gasteiger partial charge in [-0.2, -0.15) is 0 Å². The highest BCUT2D eigenvalue weighted by Crippen LogP contribution is 2.24. The van der Waals surface area contributed by atoms with Crippen molar-refractivity contribution in [3.63, 3.8) is 0 Å². The number of carbonyl (C=O) groups excluding carboxylic acids is 1. The average molecular weight is 258 g/mol. The summed E-state index contributed by atoms with van der Waals surface area (Å²) in [6.07, 6.45) is 3.53. The second-order valence-electron chi connectivity index (χ2n) is 3.77. The standard InChI is InChI=1S/C12H10N4OS/c13-12-14-9-4-3-8(7-10(9)18-12)11(17)15-16-5-1-2-6-16/h1-7H,(H2,13,14)(H,15,17). The molecule has 0 radical (unpaired) electrons. The molecule has 90 valence electrons. The number of hydrogen-bond donors (Lipinski definition) is 2. The summed E-state index contributed by atoms with van der Waals surface area (Å²) in [5, 5.41) is 0.507. The number of nitrogen functional groups attached to an aromatic ring is 1. The molecule has 2 aromatic heterocycles. The SMILES string of the molecule is Nc1nc2ccc(C(=O)Nn3cccc3)cc2s1. The lowest BCUT2D eigenvalue weighted by Gasteiger charge is -2.05. The topological polar surface area (TPSA) is 72.9 Å². The van der Waals surface area contributed by atoms with Gasteiger partial charge in [-0.3, -0.25) is 14.9 Å². The molecule has 0 spiro atoms. The van der Waals surface area contributed by atoms with Crippen molar-refractivity contribution in [2.45, 2.75) is 0 Å². The smallest absolute Gasteiger partial charge is 0.270 e. The first-order valence-electron chi connectivity index (χ1n) is 5.33. The second kappa shape index (κ2) is 4.15. The highest BCUT2D eigenvalue weighted by Gasteiger charge is 2.08. The zero-order valence-electron chi connectivity index (χ0n) is 9.33. The number of nitrogens with two attached hydrogens (primary N) is 1. The number of aromatic nitrogens is 2. The molecule has 1 aromatic carbocycles. The van der Waals surface area contributed by atoms with Gasteiger partial charge in [-0.1, -0.05) is 11.3 Å². The highest BCUT2D eigenvalue weighted by molar-refractivity contribution is 7.22. The van der Waals surface area contributed by atoms with Gasteiger partial charge in [0.2, 0.25) is 0 Å². The van der Waals surface area contributed by atoms with Crippen LogP contribution in [-0.2, 0) is 0 Å². The maximum absolute atomic E-state index is 12.0. The molecule has 3 aromatic rings. The number of benzene rings is 1. The highest BCUT2D eigenvalue weighted by atomic mass is 32.1. The van der Waals surface area contributed by atoms with E-state index in [2.05, 4.69) is 10.4 Å². The van der Waals surface area contributed by atoms with Gasteiger partial charge in [0.15, 0.2) is 5.13 Å². The molecular formula is C12H10N4OS. The minimum atomic E-state index is -0.167.